The Balaban J connectivity index is 1.76. The SMILES string of the molecule is CCn1c(=C(C#N)C(=O)NCC#N)sc(=CNc2cccc(OCCN3CCCCC3)c2)c1=O. The van der Waals surface area contributed by atoms with E-state index in [9.17, 15) is 14.9 Å². The lowest BCUT2D eigenvalue weighted by Crippen LogP contribution is -2.34. The van der Waals surface area contributed by atoms with Gasteiger partial charge in [0.15, 0.2) is 5.57 Å². The zero-order valence-electron chi connectivity index (χ0n) is 19.2. The Kier molecular flexibility index (Phi) is 9.27. The highest BCUT2D eigenvalue weighted by atomic mass is 32.1. The van der Waals surface area contributed by atoms with Crippen LogP contribution in [0.1, 0.15) is 26.2 Å². The highest BCUT2D eigenvalue weighted by Crippen LogP contribution is 2.17. The van der Waals surface area contributed by atoms with Gasteiger partial charge >= 0.3 is 0 Å². The maximum Gasteiger partial charge on any atom is 0.270 e. The second-order valence-electron chi connectivity index (χ2n) is 7.72. The number of piperidine rings is 1. The molecule has 0 atom stereocenters. The minimum absolute atomic E-state index is 0.192. The Morgan fingerprint density at radius 1 is 1.26 bits per heavy atom. The maximum absolute atomic E-state index is 12.8. The number of amides is 1. The van der Waals surface area contributed by atoms with Crippen molar-refractivity contribution in [2.75, 3.05) is 38.1 Å². The molecule has 2 heterocycles. The highest BCUT2D eigenvalue weighted by molar-refractivity contribution is 7.07. The molecular weight excluding hydrogens is 452 g/mol. The summed E-state index contributed by atoms with van der Waals surface area (Å²) >= 11 is 1.05. The molecule has 10 heteroatoms. The van der Waals surface area contributed by atoms with Gasteiger partial charge in [0.1, 0.15) is 34.2 Å². The Bertz CT molecular complexity index is 1260. The number of hydrogen-bond donors (Lipinski definition) is 2. The van der Waals surface area contributed by atoms with E-state index in [0.29, 0.717) is 17.7 Å². The van der Waals surface area contributed by atoms with Gasteiger partial charge in [0.2, 0.25) is 0 Å². The number of nitrogens with one attached hydrogen (secondary N) is 2. The fraction of sp³-hybridized carbons (Fsp3) is 0.417. The number of rotatable bonds is 9. The minimum atomic E-state index is -0.679. The van der Waals surface area contributed by atoms with Gasteiger partial charge in [0.05, 0.1) is 6.07 Å². The summed E-state index contributed by atoms with van der Waals surface area (Å²) in [7, 11) is 0. The second-order valence-corrected chi connectivity index (χ2v) is 8.75. The van der Waals surface area contributed by atoms with Crippen LogP contribution < -0.4 is 30.1 Å². The van der Waals surface area contributed by atoms with E-state index in [-0.39, 0.29) is 22.3 Å². The molecule has 34 heavy (non-hydrogen) atoms. The average molecular weight is 481 g/mol. The molecule has 1 saturated heterocycles. The first-order valence-electron chi connectivity index (χ1n) is 11.3. The van der Waals surface area contributed by atoms with Crippen molar-refractivity contribution in [2.24, 2.45) is 0 Å². The summed E-state index contributed by atoms with van der Waals surface area (Å²) in [4.78, 5) is 27.5. The van der Waals surface area contributed by atoms with Gasteiger partial charge in [-0.05, 0) is 45.0 Å². The summed E-state index contributed by atoms with van der Waals surface area (Å²) < 4.78 is 7.90. The maximum atomic E-state index is 12.8. The van der Waals surface area contributed by atoms with Gasteiger partial charge in [0.25, 0.3) is 11.5 Å². The zero-order valence-corrected chi connectivity index (χ0v) is 20.0. The van der Waals surface area contributed by atoms with E-state index in [0.717, 1.165) is 42.4 Å². The van der Waals surface area contributed by atoms with E-state index >= 15 is 0 Å². The van der Waals surface area contributed by atoms with Gasteiger partial charge in [-0.2, -0.15) is 10.5 Å². The number of carbonyl (C=O) groups is 1. The van der Waals surface area contributed by atoms with Gasteiger partial charge in [-0.25, -0.2) is 0 Å². The summed E-state index contributed by atoms with van der Waals surface area (Å²) in [6.45, 7) is 5.62. The van der Waals surface area contributed by atoms with E-state index < -0.39 is 5.91 Å². The van der Waals surface area contributed by atoms with Crippen molar-refractivity contribution in [3.8, 4) is 17.9 Å². The minimum Gasteiger partial charge on any atom is -0.492 e. The normalized spacial score (nSPS) is 15.2. The number of hydrogen-bond acceptors (Lipinski definition) is 8. The predicted molar refractivity (Wildman–Crippen MR) is 131 cm³/mol. The molecule has 178 valence electrons. The highest BCUT2D eigenvalue weighted by Gasteiger charge is 2.15. The van der Waals surface area contributed by atoms with Crippen LogP contribution in [-0.2, 0) is 11.3 Å². The Morgan fingerprint density at radius 2 is 2.06 bits per heavy atom. The lowest BCUT2D eigenvalue weighted by atomic mass is 10.1. The molecular formula is C24H28N6O3S. The molecule has 0 radical (unpaired) electrons. The largest absolute Gasteiger partial charge is 0.492 e. The molecule has 1 aliphatic heterocycles. The van der Waals surface area contributed by atoms with Crippen molar-refractivity contribution < 1.29 is 9.53 Å². The molecule has 1 aromatic heterocycles. The van der Waals surface area contributed by atoms with Crippen LogP contribution in [0, 0.1) is 22.7 Å². The number of benzene rings is 1. The first-order chi connectivity index (χ1) is 16.6. The van der Waals surface area contributed by atoms with Gasteiger partial charge in [-0.1, -0.05) is 12.5 Å². The lowest BCUT2D eigenvalue weighted by Gasteiger charge is -2.26. The molecule has 0 bridgehead atoms. The Hall–Kier alpha value is -3.60. The van der Waals surface area contributed by atoms with Gasteiger partial charge in [-0.15, -0.1) is 11.3 Å². The van der Waals surface area contributed by atoms with E-state index in [4.69, 9.17) is 10.00 Å². The van der Waals surface area contributed by atoms with Crippen molar-refractivity contribution in [3.05, 3.63) is 43.8 Å². The molecule has 9 nitrogen and oxygen atoms in total. The third-order valence-electron chi connectivity index (χ3n) is 5.43. The van der Waals surface area contributed by atoms with Crippen LogP contribution >= 0.6 is 11.3 Å². The van der Waals surface area contributed by atoms with Gasteiger partial charge < -0.3 is 15.4 Å². The van der Waals surface area contributed by atoms with E-state index in [2.05, 4.69) is 15.5 Å². The van der Waals surface area contributed by atoms with Crippen LogP contribution in [0.2, 0.25) is 0 Å². The van der Waals surface area contributed by atoms with Crippen LogP contribution in [-0.4, -0.2) is 48.2 Å². The third-order valence-corrected chi connectivity index (χ3v) is 6.56. The van der Waals surface area contributed by atoms with Crippen LogP contribution in [0.25, 0.3) is 11.8 Å². The molecule has 0 aliphatic carbocycles. The summed E-state index contributed by atoms with van der Waals surface area (Å²) in [5.74, 6) is 0.0592. The molecule has 0 spiro atoms. The van der Waals surface area contributed by atoms with Crippen molar-refractivity contribution in [2.45, 2.75) is 32.7 Å². The van der Waals surface area contributed by atoms with Crippen molar-refractivity contribution in [1.29, 1.82) is 10.5 Å². The molecule has 2 N–H and O–H groups in total. The van der Waals surface area contributed by atoms with Crippen molar-refractivity contribution in [3.63, 3.8) is 0 Å². The van der Waals surface area contributed by atoms with E-state index in [1.807, 2.05) is 30.3 Å². The van der Waals surface area contributed by atoms with Crippen LogP contribution in [0.3, 0.4) is 0 Å². The number of thiazole rings is 1. The van der Waals surface area contributed by atoms with Gasteiger partial charge in [0, 0.05) is 31.0 Å². The first kappa shape index (κ1) is 25.0. The summed E-state index contributed by atoms with van der Waals surface area (Å²) in [5.41, 5.74) is 0.261. The number of nitrogens with zero attached hydrogens (tertiary/aromatic N) is 4. The van der Waals surface area contributed by atoms with Crippen LogP contribution in [0.4, 0.5) is 5.69 Å². The number of aromatic nitrogens is 1. The smallest absolute Gasteiger partial charge is 0.270 e. The molecule has 2 aromatic rings. The topological polar surface area (TPSA) is 123 Å². The number of carbonyl (C=O) groups excluding carboxylic acids is 1. The lowest BCUT2D eigenvalue weighted by molar-refractivity contribution is -0.115. The number of ether oxygens (including phenoxy) is 1. The first-order valence-corrected chi connectivity index (χ1v) is 12.1. The summed E-state index contributed by atoms with van der Waals surface area (Å²) in [6, 6.07) is 11.1. The fourth-order valence-electron chi connectivity index (χ4n) is 3.70. The second kappa shape index (κ2) is 12.6. The molecule has 1 amide bonds. The number of nitriles is 2. The van der Waals surface area contributed by atoms with Crippen LogP contribution in [0.15, 0.2) is 29.1 Å². The Labute approximate surface area is 202 Å². The Morgan fingerprint density at radius 3 is 2.76 bits per heavy atom. The van der Waals surface area contributed by atoms with E-state index in [1.54, 1.807) is 19.2 Å². The third kappa shape index (κ3) is 6.47. The molecule has 0 unspecified atom stereocenters. The van der Waals surface area contributed by atoms with E-state index in [1.165, 1.54) is 23.8 Å². The standard InChI is InChI=1S/C24H28N6O3S/c1-2-30-23(32)21(34-24(30)20(16-26)22(31)27-10-9-25)17-28-18-7-6-8-19(15-18)33-14-13-29-11-4-3-5-12-29/h6-8,15,17,28H,2-5,10-14H2,1H3,(H,27,31). The van der Waals surface area contributed by atoms with Crippen molar-refractivity contribution in [1.82, 2.24) is 14.8 Å². The molecule has 3 rings (SSSR count). The van der Waals surface area contributed by atoms with Crippen LogP contribution in [0.5, 0.6) is 5.75 Å². The average Bonchev–Trinajstić information content (AvgIpc) is 3.17. The summed E-state index contributed by atoms with van der Waals surface area (Å²) in [5, 5.41) is 23.6. The monoisotopic (exact) mass is 480 g/mol. The van der Waals surface area contributed by atoms with Gasteiger partial charge in [-0.3, -0.25) is 19.1 Å². The molecule has 1 aromatic carbocycles. The fourth-order valence-corrected chi connectivity index (χ4v) is 4.78. The molecule has 1 aliphatic rings. The summed E-state index contributed by atoms with van der Waals surface area (Å²) in [6.07, 6.45) is 5.37. The predicted octanol–water partition coefficient (Wildman–Crippen LogP) is 0.959. The zero-order chi connectivity index (χ0) is 24.3. The molecule has 0 saturated carbocycles. The number of likely N-dealkylation sites (tertiary alicyclic amines) is 1. The van der Waals surface area contributed by atoms with Crippen molar-refractivity contribution >= 4 is 34.7 Å². The quantitative estimate of drug-likeness (QED) is 0.513. The molecule has 1 fully saturated rings. The number of anilines is 1.